The molecule has 1 unspecified atom stereocenters. The smallest absolute Gasteiger partial charge is 0.345 e. The van der Waals surface area contributed by atoms with E-state index in [0.717, 1.165) is 12.0 Å². The molecular weight excluding hydrogens is 288 g/mol. The zero-order valence-corrected chi connectivity index (χ0v) is 13.1. The normalized spacial score (nSPS) is 13.0. The Kier molecular flexibility index (Phi) is 6.85. The van der Waals surface area contributed by atoms with Crippen LogP contribution in [0.2, 0.25) is 0 Å². The number of hydrogen-bond donors (Lipinski definition) is 2. The summed E-state index contributed by atoms with van der Waals surface area (Å²) < 4.78 is 10.3. The molecule has 0 aliphatic carbocycles. The molecule has 0 saturated heterocycles. The predicted molar refractivity (Wildman–Crippen MR) is 81.8 cm³/mol. The number of methoxy groups -OCH3 is 1. The molecule has 0 radical (unpaired) electrons. The second kappa shape index (κ2) is 8.38. The van der Waals surface area contributed by atoms with Crippen molar-refractivity contribution in [1.29, 1.82) is 0 Å². The molecule has 0 aromatic carbocycles. The maximum Gasteiger partial charge on any atom is 0.345 e. The molecule has 0 aliphatic rings. The van der Waals surface area contributed by atoms with Gasteiger partial charge in [0.15, 0.2) is 0 Å². The minimum atomic E-state index is -0.803. The van der Waals surface area contributed by atoms with Crippen molar-refractivity contribution in [3.63, 3.8) is 0 Å². The lowest BCUT2D eigenvalue weighted by atomic mass is 10.00. The molecular formula is C16H22O6. The van der Waals surface area contributed by atoms with Crippen LogP contribution >= 0.6 is 0 Å². The fourth-order valence-corrected chi connectivity index (χ4v) is 2.18. The summed E-state index contributed by atoms with van der Waals surface area (Å²) in [5.41, 5.74) is 0.236. The number of carboxylic acids is 1. The first-order chi connectivity index (χ1) is 10.4. The Morgan fingerprint density at radius 1 is 1.50 bits per heavy atom. The lowest BCUT2D eigenvalue weighted by Gasteiger charge is -2.10. The molecule has 22 heavy (non-hydrogen) atoms. The monoisotopic (exact) mass is 310 g/mol. The number of aliphatic hydroxyl groups is 1. The van der Waals surface area contributed by atoms with Crippen molar-refractivity contribution in [2.75, 3.05) is 7.11 Å². The third-order valence-corrected chi connectivity index (χ3v) is 3.36. The Labute approximate surface area is 129 Å². The molecule has 122 valence electrons. The highest BCUT2D eigenvalue weighted by Gasteiger charge is 2.13. The van der Waals surface area contributed by atoms with Crippen molar-refractivity contribution < 1.29 is 24.2 Å². The quantitative estimate of drug-likeness (QED) is 0.765. The van der Waals surface area contributed by atoms with Crippen LogP contribution < -0.4 is 10.4 Å². The zero-order valence-electron chi connectivity index (χ0n) is 13.1. The van der Waals surface area contributed by atoms with Gasteiger partial charge < -0.3 is 19.4 Å². The van der Waals surface area contributed by atoms with Crippen LogP contribution in [0, 0.1) is 5.92 Å². The van der Waals surface area contributed by atoms with E-state index in [9.17, 15) is 9.59 Å². The third kappa shape index (κ3) is 5.04. The maximum absolute atomic E-state index is 11.8. The van der Waals surface area contributed by atoms with Gasteiger partial charge in [0.05, 0.1) is 13.7 Å². The first kappa shape index (κ1) is 18.0. The van der Waals surface area contributed by atoms with Gasteiger partial charge in [-0.2, -0.15) is 0 Å². The number of hydrogen-bond acceptors (Lipinski definition) is 5. The summed E-state index contributed by atoms with van der Waals surface area (Å²) in [5, 5.41) is 17.8. The Bertz CT molecular complexity index is 599. The first-order valence-corrected chi connectivity index (χ1v) is 7.11. The van der Waals surface area contributed by atoms with Crippen LogP contribution in [-0.2, 0) is 11.4 Å². The van der Waals surface area contributed by atoms with Gasteiger partial charge in [-0.15, -0.1) is 0 Å². The SMILES string of the molecule is COc1cc(/C(C)=C/C(C)CCCC(=O)O)oc(=O)c1CO. The topological polar surface area (TPSA) is 97.0 Å². The molecule has 0 aliphatic heterocycles. The molecule has 0 amide bonds. The van der Waals surface area contributed by atoms with E-state index < -0.39 is 18.2 Å². The summed E-state index contributed by atoms with van der Waals surface area (Å²) >= 11 is 0. The van der Waals surface area contributed by atoms with Gasteiger partial charge in [0.1, 0.15) is 17.1 Å². The van der Waals surface area contributed by atoms with Crippen LogP contribution in [0.1, 0.15) is 44.4 Å². The minimum Gasteiger partial charge on any atom is -0.496 e. The highest BCUT2D eigenvalue weighted by atomic mass is 16.5. The number of carbonyl (C=O) groups is 1. The summed E-state index contributed by atoms with van der Waals surface area (Å²) in [6, 6.07) is 1.57. The van der Waals surface area contributed by atoms with Gasteiger partial charge in [-0.1, -0.05) is 13.0 Å². The molecule has 0 spiro atoms. The standard InChI is InChI=1S/C16H22O6/c1-10(5-4-6-15(18)19)7-11(2)13-8-14(21-3)12(9-17)16(20)22-13/h7-8,10,17H,4-6,9H2,1-3H3,(H,18,19)/b11-7+. The Balaban J connectivity index is 2.90. The van der Waals surface area contributed by atoms with Crippen molar-refractivity contribution >= 4 is 11.5 Å². The molecule has 0 fully saturated rings. The number of carboxylic acid groups (broad SMARTS) is 1. The van der Waals surface area contributed by atoms with Gasteiger partial charge in [-0.3, -0.25) is 4.79 Å². The fourth-order valence-electron chi connectivity index (χ4n) is 2.18. The second-order valence-corrected chi connectivity index (χ2v) is 5.22. The molecule has 2 N–H and O–H groups in total. The summed E-state index contributed by atoms with van der Waals surface area (Å²) in [5.74, 6) is 0.0283. The largest absolute Gasteiger partial charge is 0.496 e. The van der Waals surface area contributed by atoms with Gasteiger partial charge in [0.2, 0.25) is 0 Å². The third-order valence-electron chi connectivity index (χ3n) is 3.36. The minimum absolute atomic E-state index is 0.0913. The van der Waals surface area contributed by atoms with Gasteiger partial charge >= 0.3 is 11.6 Å². The molecule has 6 heteroatoms. The van der Waals surface area contributed by atoms with Gasteiger partial charge in [-0.25, -0.2) is 4.79 Å². The molecule has 6 nitrogen and oxygen atoms in total. The number of rotatable bonds is 8. The van der Waals surface area contributed by atoms with Crippen molar-refractivity contribution in [3.05, 3.63) is 33.9 Å². The van der Waals surface area contributed by atoms with Crippen LogP contribution in [0.25, 0.3) is 5.57 Å². The highest BCUT2D eigenvalue weighted by molar-refractivity contribution is 5.66. The van der Waals surface area contributed by atoms with Crippen LogP contribution in [0.4, 0.5) is 0 Å². The van der Waals surface area contributed by atoms with Crippen molar-refractivity contribution in [3.8, 4) is 5.75 Å². The molecule has 0 bridgehead atoms. The van der Waals surface area contributed by atoms with Crippen LogP contribution in [-0.4, -0.2) is 23.3 Å². The Morgan fingerprint density at radius 3 is 2.73 bits per heavy atom. The van der Waals surface area contributed by atoms with E-state index in [4.69, 9.17) is 19.4 Å². The molecule has 1 atom stereocenters. The van der Waals surface area contributed by atoms with Crippen molar-refractivity contribution in [2.45, 2.75) is 39.7 Å². The van der Waals surface area contributed by atoms with E-state index in [1.165, 1.54) is 7.11 Å². The van der Waals surface area contributed by atoms with Crippen LogP contribution in [0.3, 0.4) is 0 Å². The zero-order chi connectivity index (χ0) is 16.7. The van der Waals surface area contributed by atoms with E-state index >= 15 is 0 Å². The number of aliphatic carboxylic acids is 1. The average Bonchev–Trinajstić information content (AvgIpc) is 2.45. The van der Waals surface area contributed by atoms with Gasteiger partial charge in [0, 0.05) is 12.5 Å². The van der Waals surface area contributed by atoms with E-state index in [-0.39, 0.29) is 17.9 Å². The average molecular weight is 310 g/mol. The lowest BCUT2D eigenvalue weighted by Crippen LogP contribution is -2.10. The molecule has 1 aromatic rings. The Hall–Kier alpha value is -2.08. The van der Waals surface area contributed by atoms with E-state index in [1.54, 1.807) is 6.07 Å². The van der Waals surface area contributed by atoms with E-state index in [2.05, 4.69) is 0 Å². The van der Waals surface area contributed by atoms with Crippen LogP contribution in [0.5, 0.6) is 5.75 Å². The highest BCUT2D eigenvalue weighted by Crippen LogP contribution is 2.23. The predicted octanol–water partition coefficient (Wildman–Crippen LogP) is 2.44. The second-order valence-electron chi connectivity index (χ2n) is 5.22. The molecule has 1 rings (SSSR count). The number of aliphatic hydroxyl groups excluding tert-OH is 1. The lowest BCUT2D eigenvalue weighted by molar-refractivity contribution is -0.137. The molecule has 1 aromatic heterocycles. The molecule has 0 saturated carbocycles. The summed E-state index contributed by atoms with van der Waals surface area (Å²) in [7, 11) is 1.42. The summed E-state index contributed by atoms with van der Waals surface area (Å²) in [6.45, 7) is 3.34. The fraction of sp³-hybridized carbons (Fsp3) is 0.500. The summed E-state index contributed by atoms with van der Waals surface area (Å²) in [4.78, 5) is 22.3. The van der Waals surface area contributed by atoms with Crippen LogP contribution in [0.15, 0.2) is 21.4 Å². The van der Waals surface area contributed by atoms with Crippen molar-refractivity contribution in [2.24, 2.45) is 5.92 Å². The first-order valence-electron chi connectivity index (χ1n) is 7.11. The van der Waals surface area contributed by atoms with E-state index in [0.29, 0.717) is 17.9 Å². The number of ether oxygens (including phenoxy) is 1. The number of allylic oxidation sites excluding steroid dienone is 2. The van der Waals surface area contributed by atoms with Gasteiger partial charge in [0.25, 0.3) is 0 Å². The van der Waals surface area contributed by atoms with E-state index in [1.807, 2.05) is 19.9 Å². The Morgan fingerprint density at radius 2 is 2.18 bits per heavy atom. The van der Waals surface area contributed by atoms with Crippen molar-refractivity contribution in [1.82, 2.24) is 0 Å². The van der Waals surface area contributed by atoms with Gasteiger partial charge in [-0.05, 0) is 31.3 Å². The maximum atomic E-state index is 11.8. The molecule has 1 heterocycles. The summed E-state index contributed by atoms with van der Waals surface area (Å²) in [6.07, 6.45) is 3.40.